The molecule has 0 amide bonds. The van der Waals surface area contributed by atoms with E-state index in [2.05, 4.69) is 39.8 Å². The first kappa shape index (κ1) is 17.2. The lowest BCUT2D eigenvalue weighted by Gasteiger charge is -2.30. The van der Waals surface area contributed by atoms with Gasteiger partial charge in [-0.05, 0) is 42.7 Å². The number of hydrogen-bond acceptors (Lipinski definition) is 4. The second kappa shape index (κ2) is 6.85. The molecule has 0 saturated heterocycles. The molecule has 2 aromatic carbocycles. The van der Waals surface area contributed by atoms with E-state index in [0.29, 0.717) is 0 Å². The Morgan fingerprint density at radius 2 is 2.04 bits per heavy atom. The SMILES string of the molecule is CSc1ccc(N2CCc3[nH]c4cc(F)ccc4c3C2)cc1NN(C)C. The van der Waals surface area contributed by atoms with E-state index in [0.717, 1.165) is 36.1 Å². The first-order valence-corrected chi connectivity index (χ1v) is 9.93. The number of nitrogens with zero attached hydrogens (tertiary/aromatic N) is 2. The number of thioether (sulfide) groups is 1. The second-order valence-electron chi connectivity index (χ2n) is 6.83. The van der Waals surface area contributed by atoms with Crippen LogP contribution in [0.3, 0.4) is 0 Å². The van der Waals surface area contributed by atoms with Crippen LogP contribution in [0.1, 0.15) is 11.3 Å². The van der Waals surface area contributed by atoms with Crippen molar-refractivity contribution in [2.24, 2.45) is 0 Å². The molecule has 6 heteroatoms. The molecule has 2 N–H and O–H groups in total. The van der Waals surface area contributed by atoms with Gasteiger partial charge in [-0.1, -0.05) is 0 Å². The molecule has 136 valence electrons. The number of fused-ring (bicyclic) bond motifs is 3. The van der Waals surface area contributed by atoms with Gasteiger partial charge in [-0.15, -0.1) is 11.8 Å². The zero-order valence-electron chi connectivity index (χ0n) is 15.3. The van der Waals surface area contributed by atoms with Gasteiger partial charge in [0.2, 0.25) is 0 Å². The van der Waals surface area contributed by atoms with Crippen LogP contribution in [-0.4, -0.2) is 36.9 Å². The highest BCUT2D eigenvalue weighted by atomic mass is 32.2. The maximum atomic E-state index is 13.5. The Morgan fingerprint density at radius 3 is 2.81 bits per heavy atom. The van der Waals surface area contributed by atoms with Gasteiger partial charge < -0.3 is 15.3 Å². The average Bonchev–Trinajstić information content (AvgIpc) is 2.97. The lowest BCUT2D eigenvalue weighted by Crippen LogP contribution is -2.30. The van der Waals surface area contributed by atoms with Crippen LogP contribution in [0.4, 0.5) is 15.8 Å². The Bertz CT molecular complexity index is 950. The third-order valence-corrected chi connectivity index (χ3v) is 5.63. The van der Waals surface area contributed by atoms with Crippen molar-refractivity contribution in [1.29, 1.82) is 0 Å². The molecule has 1 aromatic heterocycles. The van der Waals surface area contributed by atoms with Crippen molar-refractivity contribution in [3.8, 4) is 0 Å². The van der Waals surface area contributed by atoms with Gasteiger partial charge in [0.15, 0.2) is 0 Å². The third kappa shape index (κ3) is 3.15. The summed E-state index contributed by atoms with van der Waals surface area (Å²) in [7, 11) is 3.99. The fraction of sp³-hybridized carbons (Fsp3) is 0.300. The van der Waals surface area contributed by atoms with E-state index in [4.69, 9.17) is 0 Å². The Kier molecular flexibility index (Phi) is 4.54. The van der Waals surface area contributed by atoms with Crippen LogP contribution in [0.2, 0.25) is 0 Å². The number of benzene rings is 2. The van der Waals surface area contributed by atoms with Crippen molar-refractivity contribution in [1.82, 2.24) is 9.99 Å². The largest absolute Gasteiger partial charge is 0.367 e. The highest BCUT2D eigenvalue weighted by Gasteiger charge is 2.21. The summed E-state index contributed by atoms with van der Waals surface area (Å²) in [4.78, 5) is 7.01. The number of rotatable bonds is 4. The highest BCUT2D eigenvalue weighted by Crippen LogP contribution is 2.34. The predicted octanol–water partition coefficient (Wildman–Crippen LogP) is 4.48. The van der Waals surface area contributed by atoms with Crippen molar-refractivity contribution >= 4 is 34.0 Å². The van der Waals surface area contributed by atoms with Gasteiger partial charge in [-0.3, -0.25) is 0 Å². The van der Waals surface area contributed by atoms with Crippen LogP contribution in [0.25, 0.3) is 10.9 Å². The van der Waals surface area contributed by atoms with E-state index >= 15 is 0 Å². The number of nitrogens with one attached hydrogen (secondary N) is 2. The zero-order chi connectivity index (χ0) is 18.3. The minimum Gasteiger partial charge on any atom is -0.367 e. The van der Waals surface area contributed by atoms with Crippen LogP contribution in [-0.2, 0) is 13.0 Å². The van der Waals surface area contributed by atoms with Gasteiger partial charge in [0.25, 0.3) is 0 Å². The maximum absolute atomic E-state index is 13.5. The Balaban J connectivity index is 1.67. The number of aromatic nitrogens is 1. The average molecular weight is 370 g/mol. The van der Waals surface area contributed by atoms with E-state index in [-0.39, 0.29) is 5.82 Å². The normalized spacial score (nSPS) is 14.1. The molecule has 0 bridgehead atoms. The van der Waals surface area contributed by atoms with E-state index in [1.165, 1.54) is 21.8 Å². The van der Waals surface area contributed by atoms with Crippen molar-refractivity contribution in [3.63, 3.8) is 0 Å². The van der Waals surface area contributed by atoms with E-state index in [1.54, 1.807) is 23.9 Å². The van der Waals surface area contributed by atoms with Gasteiger partial charge in [0.05, 0.1) is 5.69 Å². The van der Waals surface area contributed by atoms with Gasteiger partial charge in [0, 0.05) is 66.3 Å². The monoisotopic (exact) mass is 370 g/mol. The lowest BCUT2D eigenvalue weighted by atomic mass is 10.0. The summed E-state index contributed by atoms with van der Waals surface area (Å²) < 4.78 is 13.5. The lowest BCUT2D eigenvalue weighted by molar-refractivity contribution is 0.493. The third-order valence-electron chi connectivity index (χ3n) is 4.83. The smallest absolute Gasteiger partial charge is 0.125 e. The number of halogens is 1. The van der Waals surface area contributed by atoms with E-state index < -0.39 is 0 Å². The molecule has 4 nitrogen and oxygen atoms in total. The molecule has 4 rings (SSSR count). The Morgan fingerprint density at radius 1 is 1.19 bits per heavy atom. The molecule has 0 fully saturated rings. The summed E-state index contributed by atoms with van der Waals surface area (Å²) in [6, 6.07) is 11.6. The number of hydrazine groups is 1. The number of anilines is 2. The summed E-state index contributed by atoms with van der Waals surface area (Å²) >= 11 is 1.74. The molecule has 0 radical (unpaired) electrons. The molecule has 3 aromatic rings. The minimum atomic E-state index is -0.194. The fourth-order valence-electron chi connectivity index (χ4n) is 3.64. The molecule has 0 spiro atoms. The van der Waals surface area contributed by atoms with Crippen LogP contribution in [0.15, 0.2) is 41.3 Å². The van der Waals surface area contributed by atoms with Gasteiger partial charge in [0.1, 0.15) is 5.82 Å². The molecule has 1 aliphatic heterocycles. The van der Waals surface area contributed by atoms with Crippen LogP contribution in [0.5, 0.6) is 0 Å². The molecule has 2 heterocycles. The first-order chi connectivity index (χ1) is 12.5. The Labute approximate surface area is 157 Å². The predicted molar refractivity (Wildman–Crippen MR) is 109 cm³/mol. The minimum absolute atomic E-state index is 0.194. The summed E-state index contributed by atoms with van der Waals surface area (Å²) in [5, 5.41) is 3.08. The molecule has 26 heavy (non-hydrogen) atoms. The summed E-state index contributed by atoms with van der Waals surface area (Å²) in [6.07, 6.45) is 3.03. The van der Waals surface area contributed by atoms with E-state index in [9.17, 15) is 4.39 Å². The van der Waals surface area contributed by atoms with E-state index in [1.807, 2.05) is 25.2 Å². The van der Waals surface area contributed by atoms with Crippen molar-refractivity contribution < 1.29 is 4.39 Å². The van der Waals surface area contributed by atoms with Crippen molar-refractivity contribution in [3.05, 3.63) is 53.5 Å². The van der Waals surface area contributed by atoms with Crippen LogP contribution < -0.4 is 10.3 Å². The maximum Gasteiger partial charge on any atom is 0.125 e. The van der Waals surface area contributed by atoms with Gasteiger partial charge in [-0.25, -0.2) is 9.40 Å². The standard InChI is InChI=1S/C20H23FN4S/c1-24(2)23-19-11-14(5-7-20(19)26-3)25-9-8-17-16(12-25)15-6-4-13(21)10-18(15)22-17/h4-7,10-11,22-23H,8-9,12H2,1-3H3. The number of aromatic amines is 1. The molecule has 0 saturated carbocycles. The van der Waals surface area contributed by atoms with Gasteiger partial charge in [-0.2, -0.15) is 0 Å². The van der Waals surface area contributed by atoms with Crippen molar-refractivity contribution in [2.45, 2.75) is 17.9 Å². The Hall–Kier alpha value is -2.18. The summed E-state index contributed by atoms with van der Waals surface area (Å²) in [6.45, 7) is 1.78. The molecular formula is C20H23FN4S. The first-order valence-electron chi connectivity index (χ1n) is 8.71. The highest BCUT2D eigenvalue weighted by molar-refractivity contribution is 7.98. The van der Waals surface area contributed by atoms with Crippen LogP contribution in [0, 0.1) is 5.82 Å². The van der Waals surface area contributed by atoms with Gasteiger partial charge >= 0.3 is 0 Å². The zero-order valence-corrected chi connectivity index (χ0v) is 16.1. The fourth-order valence-corrected chi connectivity index (χ4v) is 4.16. The summed E-state index contributed by atoms with van der Waals surface area (Å²) in [5.74, 6) is -0.194. The molecule has 0 unspecified atom stereocenters. The molecular weight excluding hydrogens is 347 g/mol. The quantitative estimate of drug-likeness (QED) is 0.524. The molecule has 1 aliphatic rings. The van der Waals surface area contributed by atoms with Crippen molar-refractivity contribution in [2.75, 3.05) is 37.2 Å². The number of H-pyrrole nitrogens is 1. The molecule has 0 atom stereocenters. The summed E-state index contributed by atoms with van der Waals surface area (Å²) in [5.41, 5.74) is 9.12. The number of hydrogen-bond donors (Lipinski definition) is 2. The topological polar surface area (TPSA) is 34.3 Å². The van der Waals surface area contributed by atoms with Crippen LogP contribution >= 0.6 is 11.8 Å². The second-order valence-corrected chi connectivity index (χ2v) is 7.68. The molecule has 0 aliphatic carbocycles.